The molecule has 0 radical (unpaired) electrons. The molecule has 138 heavy (non-hydrogen) atoms. The van der Waals surface area contributed by atoms with Crippen LogP contribution in [0.25, 0.3) is 28.2 Å². The molecule has 9 aliphatic carbocycles. The van der Waals surface area contributed by atoms with Crippen molar-refractivity contribution in [2.45, 2.75) is 263 Å². The van der Waals surface area contributed by atoms with Gasteiger partial charge in [-0.1, -0.05) is 30.3 Å². The number of aromatic nitrogens is 15. The van der Waals surface area contributed by atoms with Gasteiger partial charge in [0.1, 0.15) is 37.4 Å². The Kier molecular flexibility index (Phi) is 26.2. The third-order valence-electron chi connectivity index (χ3n) is 28.5. The van der Waals surface area contributed by atoms with Crippen LogP contribution in [0.3, 0.4) is 0 Å². The fourth-order valence-corrected chi connectivity index (χ4v) is 20.4. The molecule has 37 nitrogen and oxygen atoms in total. The number of fused-ring (bicyclic) bond motifs is 5. The first kappa shape index (κ1) is 96.9. The molecule has 0 aromatic carbocycles. The fraction of sp³-hybridized carbons (Fsp3) is 0.598. The number of pyridine rings is 5. The molecule has 8 amide bonds. The van der Waals surface area contributed by atoms with E-state index >= 15 is 8.78 Å². The Bertz CT molecular complexity index is 6110. The number of nitrogen functional groups attached to an aromatic ring is 1. The van der Waals surface area contributed by atoms with Crippen LogP contribution in [0.4, 0.5) is 52.9 Å². The maximum atomic E-state index is 16.1. The lowest BCUT2D eigenvalue weighted by molar-refractivity contribution is -0.128. The summed E-state index contributed by atoms with van der Waals surface area (Å²) in [5.74, 6) is 1.28. The van der Waals surface area contributed by atoms with Crippen molar-refractivity contribution in [1.29, 1.82) is 0 Å². The molecule has 4 saturated heterocycles. The second-order valence-electron chi connectivity index (χ2n) is 43.4. The second kappa shape index (κ2) is 37.4. The number of hydrogen-bond acceptors (Lipinski definition) is 25. The van der Waals surface area contributed by atoms with Gasteiger partial charge >= 0.3 is 18.3 Å². The van der Waals surface area contributed by atoms with Gasteiger partial charge in [0.2, 0.25) is 53.3 Å². The molecule has 23 rings (SSSR count). The molecule has 0 unspecified atom stereocenters. The van der Waals surface area contributed by atoms with E-state index in [0.29, 0.717) is 141 Å². The summed E-state index contributed by atoms with van der Waals surface area (Å²) in [6.07, 6.45) is 19.0. The third kappa shape index (κ3) is 22.0. The first-order valence-electron chi connectivity index (χ1n) is 48.3. The molecule has 4 aliphatic heterocycles. The molecule has 10 aromatic heterocycles. The summed E-state index contributed by atoms with van der Waals surface area (Å²) in [6, 6.07) is 27.3. The summed E-state index contributed by atoms with van der Waals surface area (Å²) in [6.45, 7) is 22.9. The topological polar surface area (TPSA) is 440 Å². The maximum absolute atomic E-state index is 16.1. The zero-order chi connectivity index (χ0) is 97.6. The summed E-state index contributed by atoms with van der Waals surface area (Å²) in [5.41, 5.74) is 5.29. The number of aliphatic hydroxyl groups is 1. The summed E-state index contributed by atoms with van der Waals surface area (Å²) < 4.78 is 57.7. The number of rotatable bonds is 12. The number of likely N-dealkylation sites (tertiary alicyclic amines) is 3. The average molecular weight is 2030 g/mol. The van der Waals surface area contributed by atoms with Crippen molar-refractivity contribution in [3.63, 3.8) is 0 Å². The highest BCUT2D eigenvalue weighted by atomic mass is 79.9. The first-order valence-corrected chi connectivity index (χ1v) is 49.9. The Labute approximate surface area is 813 Å². The molecule has 736 valence electrons. The molecule has 14 heterocycles. The minimum atomic E-state index is -1.53. The summed E-state index contributed by atoms with van der Waals surface area (Å²) in [5, 5.41) is 44.6. The van der Waals surface area contributed by atoms with Crippen LogP contribution in [0.15, 0.2) is 100 Å². The van der Waals surface area contributed by atoms with Gasteiger partial charge in [0.25, 0.3) is 5.95 Å². The molecule has 13 fully saturated rings. The maximum Gasteiger partial charge on any atom is 0.410 e. The van der Waals surface area contributed by atoms with E-state index in [-0.39, 0.29) is 123 Å². The van der Waals surface area contributed by atoms with Gasteiger partial charge in [-0.3, -0.25) is 44.7 Å². The smallest absolute Gasteiger partial charge is 0.410 e. The number of Topliss-reactive ketones (excluding diaryl/α,β-unsaturated/α-hetero) is 1. The Morgan fingerprint density at radius 2 is 0.717 bits per heavy atom. The van der Waals surface area contributed by atoms with Crippen molar-refractivity contribution in [2.75, 3.05) is 78.9 Å². The zero-order valence-electron chi connectivity index (χ0n) is 79.5. The first-order chi connectivity index (χ1) is 65.4. The van der Waals surface area contributed by atoms with E-state index in [1.54, 1.807) is 69.2 Å². The SMILES string of the molecule is CC(C)(C)OC(=O)N1CC2(CCC(=O)CC2)C1.CC(C)(C)OC(=O)N1CC2(CCC(F)(c3cccc4nc(NC(=O)C5CC5)nn34)CC2)C1.CC(C)(C)OC(=O)N1CC2(CCC(O)(c3cccc4nc(NC(=O)C5CC5)nn34)CC2)C1.Nc1nc2cccc(Br)n2n1.O=C(C1CC1)N(C(=O)C1CC1)c1nc2cccc(Br)n2n1.O=C(Nc1nc2cccc(C3(F)CCC4(CC3)CNC4)n2n1)C1CC1. The number of carbonyl (C=O) groups is 9. The number of hydrogen-bond donors (Lipinski definition) is 6. The lowest BCUT2D eigenvalue weighted by atomic mass is 9.64. The van der Waals surface area contributed by atoms with Gasteiger partial charge in [-0.05, 0) is 314 Å². The average Bonchev–Trinajstić information content (AvgIpc) is 1.23. The number of anilines is 5. The molecule has 0 atom stereocenters. The summed E-state index contributed by atoms with van der Waals surface area (Å²) in [7, 11) is 0. The molecule has 0 bridgehead atoms. The molecule has 10 aromatic rings. The van der Waals surface area contributed by atoms with E-state index in [2.05, 4.69) is 104 Å². The van der Waals surface area contributed by atoms with Crippen molar-refractivity contribution < 1.29 is 71.2 Å². The molecular formula is C97H122Br2F2N24O13. The monoisotopic (exact) mass is 2030 g/mol. The zero-order valence-corrected chi connectivity index (χ0v) is 82.7. The number of nitrogens with two attached hydrogens (primary N) is 1. The van der Waals surface area contributed by atoms with E-state index in [1.807, 2.05) is 117 Å². The molecule has 7 N–H and O–H groups in total. The van der Waals surface area contributed by atoms with Crippen molar-refractivity contribution in [3.8, 4) is 0 Å². The predicted octanol–water partition coefficient (Wildman–Crippen LogP) is 15.1. The van der Waals surface area contributed by atoms with Crippen LogP contribution >= 0.6 is 31.9 Å². The van der Waals surface area contributed by atoms with Crippen LogP contribution in [0.1, 0.15) is 246 Å². The van der Waals surface area contributed by atoms with E-state index in [0.717, 1.165) is 144 Å². The van der Waals surface area contributed by atoms with Gasteiger partial charge < -0.3 is 45.1 Å². The molecule has 9 saturated carbocycles. The van der Waals surface area contributed by atoms with Crippen molar-refractivity contribution in [3.05, 3.63) is 117 Å². The van der Waals surface area contributed by atoms with Gasteiger partial charge in [0.15, 0.2) is 39.6 Å². The number of ether oxygens (including phenoxy) is 3. The lowest BCUT2D eigenvalue weighted by Crippen LogP contribution is -2.61. The highest BCUT2D eigenvalue weighted by Gasteiger charge is 2.56. The lowest BCUT2D eigenvalue weighted by Gasteiger charge is -2.54. The van der Waals surface area contributed by atoms with Gasteiger partial charge in [-0.25, -0.2) is 50.6 Å². The number of amides is 8. The molecule has 13 aliphatic rings. The van der Waals surface area contributed by atoms with Crippen LogP contribution in [0.5, 0.6) is 0 Å². The van der Waals surface area contributed by atoms with Crippen molar-refractivity contribution in [1.82, 2.24) is 93.0 Å². The Balaban J connectivity index is 0.000000113. The number of halogens is 4. The Morgan fingerprint density at radius 1 is 0.406 bits per heavy atom. The molecule has 41 heteroatoms. The quantitative estimate of drug-likeness (QED) is 0.0376. The van der Waals surface area contributed by atoms with Crippen LogP contribution in [0, 0.1) is 51.2 Å². The minimum absolute atomic E-state index is 0.0356. The summed E-state index contributed by atoms with van der Waals surface area (Å²) in [4.78, 5) is 136. The Hall–Kier alpha value is -11.3. The normalized spacial score (nSPS) is 21.7. The standard InChI is InChI=1S/C23H30FN5O3.C23H31N5O4.C18H22FN5O.C14H13BrN4O2.C13H21NO3.C6H5BrN4/c1-21(2,3)32-20(31)28-13-22(14-28)9-11-23(24,12-10-22)16-5-4-6-17-25-19(27-29(16)17)26-18(30)15-7-8-15;1-21(2,3)32-20(30)27-13-22(14-27)9-11-23(31,12-10-22)16-5-4-6-17-24-19(26-28(16)17)25-18(29)15-7-8-15;19-18(8-6-17(7-9-18)10-20-11-17)13-2-1-3-14-21-16(23-24(13)14)22-15(25)12-4-5-12;15-10-2-1-3-11-16-14(17-19(10)11)18(12(20)8-4-5-8)13(21)9-6-7-9;1-12(2,3)17-11(16)14-8-13(9-14)6-4-10(15)5-7-13;7-4-2-1-3-5-9-6(8)10-11(4)5/h4-6,15H,7-14H2,1-3H3,(H,26,27,30);4-6,15,31H,7-14H2,1-3H3,(H,25,26,29);1-3,12,20H,4-11H2,(H,22,23,25);1-3,8-9H,4-7H2;4-9H2,1-3H3;1-3H,(H2,8,10). The van der Waals surface area contributed by atoms with Crippen LogP contribution in [0.2, 0.25) is 0 Å². The van der Waals surface area contributed by atoms with Crippen LogP contribution < -0.4 is 31.9 Å². The van der Waals surface area contributed by atoms with Gasteiger partial charge in [0, 0.05) is 111 Å². The summed E-state index contributed by atoms with van der Waals surface area (Å²) >= 11 is 6.70. The van der Waals surface area contributed by atoms with Crippen molar-refractivity contribution >= 4 is 143 Å². The van der Waals surface area contributed by atoms with Crippen LogP contribution in [-0.2, 0) is 59.9 Å². The Morgan fingerprint density at radius 3 is 1.05 bits per heavy atom. The van der Waals surface area contributed by atoms with E-state index < -0.39 is 33.7 Å². The van der Waals surface area contributed by atoms with Gasteiger partial charge in [-0.15, -0.1) is 25.5 Å². The highest BCUT2D eigenvalue weighted by molar-refractivity contribution is 9.10. The number of imide groups is 1. The van der Waals surface area contributed by atoms with Gasteiger partial charge in [-0.2, -0.15) is 24.9 Å². The number of alkyl halides is 2. The molecule has 4 spiro atoms. The fourth-order valence-electron chi connectivity index (χ4n) is 19.6. The number of nitrogens with zero attached hydrogens (tertiary/aromatic N) is 19. The highest BCUT2D eigenvalue weighted by Crippen LogP contribution is 2.55. The largest absolute Gasteiger partial charge is 0.444 e. The number of nitrogens with one attached hydrogen (secondary N) is 4. The second-order valence-corrected chi connectivity index (χ2v) is 45.1. The van der Waals surface area contributed by atoms with Gasteiger partial charge in [0.05, 0.1) is 17.1 Å². The van der Waals surface area contributed by atoms with E-state index in [1.165, 1.54) is 9.42 Å². The minimum Gasteiger partial charge on any atom is -0.444 e. The van der Waals surface area contributed by atoms with E-state index in [9.17, 15) is 48.3 Å². The van der Waals surface area contributed by atoms with Crippen molar-refractivity contribution in [2.24, 2.45) is 51.2 Å². The predicted molar refractivity (Wildman–Crippen MR) is 511 cm³/mol. The molecular weight excluding hydrogens is 1910 g/mol. The van der Waals surface area contributed by atoms with Crippen LogP contribution in [-0.4, -0.2) is 216 Å². The van der Waals surface area contributed by atoms with E-state index in [4.69, 9.17) is 19.9 Å². The number of carbonyl (C=O) groups excluding carboxylic acids is 9. The number of ketones is 1. The third-order valence-corrected chi connectivity index (χ3v) is 29.7.